The van der Waals surface area contributed by atoms with E-state index in [0.29, 0.717) is 17.6 Å². The molecule has 0 bridgehead atoms. The SMILES string of the molecule is CCCCCCOc1ccc(Nc2nc(NN)cc(NN)n2)cc1. The van der Waals surface area contributed by atoms with Crippen molar-refractivity contribution >= 4 is 23.3 Å². The standard InChI is InChI=1S/C16H25N7O/c1-2-3-4-5-10-24-13-8-6-12(7-9-13)19-16-20-14(22-17)11-15(21-16)23-18/h6-9,11H,2-5,10,17-18H2,1H3,(H3,19,20,21,22,23). The molecule has 1 heterocycles. The molecule has 0 fully saturated rings. The number of anilines is 4. The van der Waals surface area contributed by atoms with E-state index in [9.17, 15) is 0 Å². The predicted octanol–water partition coefficient (Wildman–Crippen LogP) is 2.75. The van der Waals surface area contributed by atoms with Crippen molar-refractivity contribution in [2.45, 2.75) is 32.6 Å². The molecule has 2 rings (SSSR count). The minimum Gasteiger partial charge on any atom is -0.494 e. The molecule has 0 aliphatic heterocycles. The molecule has 0 radical (unpaired) electrons. The van der Waals surface area contributed by atoms with Crippen molar-refractivity contribution in [1.29, 1.82) is 0 Å². The summed E-state index contributed by atoms with van der Waals surface area (Å²) >= 11 is 0. The van der Waals surface area contributed by atoms with E-state index in [1.54, 1.807) is 6.07 Å². The maximum absolute atomic E-state index is 5.72. The molecule has 130 valence electrons. The Kier molecular flexibility index (Phi) is 7.06. The van der Waals surface area contributed by atoms with Gasteiger partial charge in [-0.25, -0.2) is 11.7 Å². The molecule has 8 heteroatoms. The Labute approximate surface area is 142 Å². The topological polar surface area (TPSA) is 123 Å². The molecule has 0 aliphatic rings. The first-order chi connectivity index (χ1) is 11.7. The van der Waals surface area contributed by atoms with Gasteiger partial charge in [0.25, 0.3) is 0 Å². The number of ether oxygens (including phenoxy) is 1. The van der Waals surface area contributed by atoms with Crippen LogP contribution in [-0.2, 0) is 0 Å². The van der Waals surface area contributed by atoms with Crippen LogP contribution in [0.2, 0.25) is 0 Å². The summed E-state index contributed by atoms with van der Waals surface area (Å²) in [5.41, 5.74) is 5.77. The molecule has 1 aromatic carbocycles. The first-order valence-electron chi connectivity index (χ1n) is 8.07. The average Bonchev–Trinajstić information content (AvgIpc) is 2.62. The van der Waals surface area contributed by atoms with Crippen LogP contribution in [0.15, 0.2) is 30.3 Å². The van der Waals surface area contributed by atoms with E-state index < -0.39 is 0 Å². The molecular weight excluding hydrogens is 306 g/mol. The van der Waals surface area contributed by atoms with E-state index in [4.69, 9.17) is 16.4 Å². The molecule has 8 nitrogen and oxygen atoms in total. The van der Waals surface area contributed by atoms with Crippen molar-refractivity contribution in [3.63, 3.8) is 0 Å². The highest BCUT2D eigenvalue weighted by atomic mass is 16.5. The smallest absolute Gasteiger partial charge is 0.231 e. The maximum atomic E-state index is 5.72. The van der Waals surface area contributed by atoms with Gasteiger partial charge in [-0.1, -0.05) is 26.2 Å². The van der Waals surface area contributed by atoms with Crippen molar-refractivity contribution in [3.8, 4) is 5.75 Å². The summed E-state index contributed by atoms with van der Waals surface area (Å²) in [7, 11) is 0. The van der Waals surface area contributed by atoms with Gasteiger partial charge in [-0.15, -0.1) is 0 Å². The molecule has 0 amide bonds. The Hall–Kier alpha value is -2.58. The zero-order valence-electron chi connectivity index (χ0n) is 13.9. The minimum absolute atomic E-state index is 0.381. The van der Waals surface area contributed by atoms with Gasteiger partial charge in [0.2, 0.25) is 5.95 Å². The van der Waals surface area contributed by atoms with Gasteiger partial charge in [0.1, 0.15) is 17.4 Å². The largest absolute Gasteiger partial charge is 0.494 e. The van der Waals surface area contributed by atoms with E-state index in [0.717, 1.165) is 24.5 Å². The Balaban J connectivity index is 1.91. The van der Waals surface area contributed by atoms with Gasteiger partial charge in [0.15, 0.2) is 0 Å². The number of nitrogens with two attached hydrogens (primary N) is 2. The number of unbranched alkanes of at least 4 members (excludes halogenated alkanes) is 3. The van der Waals surface area contributed by atoms with Crippen LogP contribution >= 0.6 is 0 Å². The van der Waals surface area contributed by atoms with E-state index >= 15 is 0 Å². The molecule has 0 atom stereocenters. The summed E-state index contributed by atoms with van der Waals surface area (Å²) < 4.78 is 5.72. The summed E-state index contributed by atoms with van der Waals surface area (Å²) in [5, 5.41) is 3.10. The van der Waals surface area contributed by atoms with Gasteiger partial charge in [-0.05, 0) is 30.7 Å². The highest BCUT2D eigenvalue weighted by Crippen LogP contribution is 2.20. The quantitative estimate of drug-likeness (QED) is 0.256. The highest BCUT2D eigenvalue weighted by Gasteiger charge is 2.04. The van der Waals surface area contributed by atoms with Crippen molar-refractivity contribution in [2.24, 2.45) is 11.7 Å². The number of aromatic nitrogens is 2. The Morgan fingerprint density at radius 1 is 0.958 bits per heavy atom. The van der Waals surface area contributed by atoms with E-state index in [-0.39, 0.29) is 0 Å². The van der Waals surface area contributed by atoms with Gasteiger partial charge in [0, 0.05) is 11.8 Å². The molecule has 2 aromatic rings. The van der Waals surface area contributed by atoms with Crippen LogP contribution in [0, 0.1) is 0 Å². The molecule has 0 unspecified atom stereocenters. The fourth-order valence-corrected chi connectivity index (χ4v) is 2.13. The molecule has 1 aromatic heterocycles. The number of nitrogens with one attached hydrogen (secondary N) is 3. The van der Waals surface area contributed by atoms with Crippen LogP contribution < -0.4 is 32.6 Å². The number of hydrazine groups is 2. The summed E-state index contributed by atoms with van der Waals surface area (Å²) in [6.45, 7) is 2.94. The van der Waals surface area contributed by atoms with Crippen molar-refractivity contribution in [2.75, 3.05) is 22.8 Å². The Bertz CT molecular complexity index is 596. The lowest BCUT2D eigenvalue weighted by Crippen LogP contribution is -2.14. The highest BCUT2D eigenvalue weighted by molar-refractivity contribution is 5.59. The van der Waals surface area contributed by atoms with Gasteiger partial charge in [-0.3, -0.25) is 0 Å². The molecule has 7 N–H and O–H groups in total. The lowest BCUT2D eigenvalue weighted by Gasteiger charge is -2.10. The first kappa shape index (κ1) is 17.8. The van der Waals surface area contributed by atoms with Crippen LogP contribution in [0.25, 0.3) is 0 Å². The van der Waals surface area contributed by atoms with Gasteiger partial charge in [0.05, 0.1) is 6.61 Å². The van der Waals surface area contributed by atoms with Gasteiger partial charge < -0.3 is 20.9 Å². The number of nitrogen functional groups attached to an aromatic ring is 2. The number of hydrogen-bond donors (Lipinski definition) is 5. The zero-order chi connectivity index (χ0) is 17.2. The molecule has 0 saturated heterocycles. The lowest BCUT2D eigenvalue weighted by molar-refractivity contribution is 0.305. The predicted molar refractivity (Wildman–Crippen MR) is 97.0 cm³/mol. The molecule has 0 aliphatic carbocycles. The van der Waals surface area contributed by atoms with Crippen LogP contribution in [-0.4, -0.2) is 16.6 Å². The van der Waals surface area contributed by atoms with Crippen LogP contribution in [0.5, 0.6) is 5.75 Å². The molecular formula is C16H25N7O. The second kappa shape index (κ2) is 9.53. The summed E-state index contributed by atoms with van der Waals surface area (Å²) in [6, 6.07) is 9.23. The number of nitrogens with zero attached hydrogens (tertiary/aromatic N) is 2. The van der Waals surface area contributed by atoms with Crippen LogP contribution in [0.3, 0.4) is 0 Å². The minimum atomic E-state index is 0.381. The van der Waals surface area contributed by atoms with Crippen LogP contribution in [0.4, 0.5) is 23.3 Å². The molecule has 0 saturated carbocycles. The van der Waals surface area contributed by atoms with E-state index in [1.165, 1.54) is 19.3 Å². The van der Waals surface area contributed by atoms with E-state index in [2.05, 4.69) is 33.1 Å². The van der Waals surface area contributed by atoms with Crippen molar-refractivity contribution < 1.29 is 4.74 Å². The number of rotatable bonds is 10. The fourth-order valence-electron chi connectivity index (χ4n) is 2.13. The average molecular weight is 331 g/mol. The maximum Gasteiger partial charge on any atom is 0.231 e. The normalized spacial score (nSPS) is 10.3. The summed E-state index contributed by atoms with van der Waals surface area (Å²) in [4.78, 5) is 8.42. The first-order valence-corrected chi connectivity index (χ1v) is 8.07. The third-order valence-corrected chi connectivity index (χ3v) is 3.40. The monoisotopic (exact) mass is 331 g/mol. The Morgan fingerprint density at radius 2 is 1.62 bits per heavy atom. The van der Waals surface area contributed by atoms with Crippen LogP contribution in [0.1, 0.15) is 32.6 Å². The second-order valence-electron chi connectivity index (χ2n) is 5.31. The van der Waals surface area contributed by atoms with Gasteiger partial charge >= 0.3 is 0 Å². The Morgan fingerprint density at radius 3 is 2.21 bits per heavy atom. The molecule has 24 heavy (non-hydrogen) atoms. The van der Waals surface area contributed by atoms with Crippen molar-refractivity contribution in [1.82, 2.24) is 9.97 Å². The lowest BCUT2D eigenvalue weighted by atomic mass is 10.2. The third kappa shape index (κ3) is 5.56. The second-order valence-corrected chi connectivity index (χ2v) is 5.31. The van der Waals surface area contributed by atoms with Gasteiger partial charge in [-0.2, -0.15) is 9.97 Å². The fraction of sp³-hybridized carbons (Fsp3) is 0.375. The molecule has 0 spiro atoms. The number of hydrogen-bond acceptors (Lipinski definition) is 8. The van der Waals surface area contributed by atoms with E-state index in [1.807, 2.05) is 24.3 Å². The number of benzene rings is 1. The summed E-state index contributed by atoms with van der Waals surface area (Å²) in [6.07, 6.45) is 4.76. The third-order valence-electron chi connectivity index (χ3n) is 3.40. The summed E-state index contributed by atoms with van der Waals surface area (Å²) in [5.74, 6) is 12.9. The van der Waals surface area contributed by atoms with Crippen molar-refractivity contribution in [3.05, 3.63) is 30.3 Å². The zero-order valence-corrected chi connectivity index (χ0v) is 13.9.